The number of amides is 3. The van der Waals surface area contributed by atoms with Crippen LogP contribution in [0, 0.1) is 0 Å². The highest BCUT2D eigenvalue weighted by Gasteiger charge is 2.04. The lowest BCUT2D eigenvalue weighted by atomic mass is 10.1. The van der Waals surface area contributed by atoms with Crippen LogP contribution in [0.15, 0.2) is 54.6 Å². The number of hydrogen-bond acceptors (Lipinski definition) is 3. The first kappa shape index (κ1) is 21.4. The molecule has 0 saturated carbocycles. The van der Waals surface area contributed by atoms with Crippen LogP contribution in [0.2, 0.25) is 0 Å². The van der Waals surface area contributed by atoms with Gasteiger partial charge in [-0.15, -0.1) is 0 Å². The molecule has 6 nitrogen and oxygen atoms in total. The second-order valence-electron chi connectivity index (χ2n) is 6.89. The van der Waals surface area contributed by atoms with E-state index in [4.69, 9.17) is 0 Å². The molecule has 2 rings (SSSR count). The lowest BCUT2D eigenvalue weighted by Crippen LogP contribution is -2.35. The second kappa shape index (κ2) is 11.8. The maximum Gasteiger partial charge on any atom is 0.319 e. The largest absolute Gasteiger partial charge is 0.355 e. The summed E-state index contributed by atoms with van der Waals surface area (Å²) >= 11 is 0. The van der Waals surface area contributed by atoms with Gasteiger partial charge in [-0.1, -0.05) is 56.3 Å². The van der Waals surface area contributed by atoms with Gasteiger partial charge >= 0.3 is 6.03 Å². The molecule has 0 atom stereocenters. The van der Waals surface area contributed by atoms with Crippen molar-refractivity contribution in [2.45, 2.75) is 32.7 Å². The summed E-state index contributed by atoms with van der Waals surface area (Å²) in [4.78, 5) is 23.7. The fourth-order valence-electron chi connectivity index (χ4n) is 2.65. The summed E-state index contributed by atoms with van der Waals surface area (Å²) in [7, 11) is 0. The molecule has 0 aliphatic rings. The summed E-state index contributed by atoms with van der Waals surface area (Å²) in [6, 6.07) is 17.9. The molecular formula is C22H30N4O2. The minimum atomic E-state index is -0.269. The van der Waals surface area contributed by atoms with Gasteiger partial charge in [0.1, 0.15) is 0 Å². The lowest BCUT2D eigenvalue weighted by molar-refractivity contribution is -0.121. The Hall–Kier alpha value is -2.86. The van der Waals surface area contributed by atoms with Gasteiger partial charge in [0.05, 0.1) is 0 Å². The number of nitrogens with one attached hydrogen (secondary N) is 4. The van der Waals surface area contributed by atoms with Crippen LogP contribution in [0.1, 0.15) is 26.7 Å². The van der Waals surface area contributed by atoms with E-state index >= 15 is 0 Å². The number of carbonyl (C=O) groups excluding carboxylic acids is 2. The van der Waals surface area contributed by atoms with Gasteiger partial charge in [0.2, 0.25) is 5.91 Å². The van der Waals surface area contributed by atoms with E-state index in [0.717, 1.165) is 23.4 Å². The van der Waals surface area contributed by atoms with Crippen molar-refractivity contribution in [1.82, 2.24) is 16.0 Å². The summed E-state index contributed by atoms with van der Waals surface area (Å²) in [5.41, 5.74) is 2.96. The quantitative estimate of drug-likeness (QED) is 0.476. The third-order valence-corrected chi connectivity index (χ3v) is 4.12. The van der Waals surface area contributed by atoms with Gasteiger partial charge in [0.15, 0.2) is 0 Å². The summed E-state index contributed by atoms with van der Waals surface area (Å²) < 4.78 is 0. The number of hydrogen-bond donors (Lipinski definition) is 4. The van der Waals surface area contributed by atoms with Gasteiger partial charge in [0, 0.05) is 37.8 Å². The van der Waals surface area contributed by atoms with E-state index < -0.39 is 0 Å². The number of benzene rings is 2. The van der Waals surface area contributed by atoms with Crippen molar-refractivity contribution < 1.29 is 9.59 Å². The van der Waals surface area contributed by atoms with Crippen LogP contribution in [-0.4, -0.2) is 37.6 Å². The maximum absolute atomic E-state index is 12.0. The SMILES string of the molecule is CC(C)NCCNC(=O)CCCNC(=O)Nc1ccc(-c2ccccc2)cc1. The minimum Gasteiger partial charge on any atom is -0.355 e. The van der Waals surface area contributed by atoms with Crippen molar-refractivity contribution in [1.29, 1.82) is 0 Å². The lowest BCUT2D eigenvalue weighted by Gasteiger charge is -2.10. The molecule has 0 bridgehead atoms. The van der Waals surface area contributed by atoms with Gasteiger partial charge < -0.3 is 21.3 Å². The highest BCUT2D eigenvalue weighted by Crippen LogP contribution is 2.20. The highest BCUT2D eigenvalue weighted by atomic mass is 16.2. The molecule has 2 aromatic rings. The van der Waals surface area contributed by atoms with Crippen LogP contribution in [-0.2, 0) is 4.79 Å². The highest BCUT2D eigenvalue weighted by molar-refractivity contribution is 5.89. The Morgan fingerprint density at radius 3 is 2.18 bits per heavy atom. The number of urea groups is 1. The van der Waals surface area contributed by atoms with E-state index in [-0.39, 0.29) is 11.9 Å². The van der Waals surface area contributed by atoms with E-state index in [1.807, 2.05) is 54.6 Å². The van der Waals surface area contributed by atoms with Crippen LogP contribution in [0.3, 0.4) is 0 Å². The molecule has 0 spiro atoms. The minimum absolute atomic E-state index is 0.00395. The zero-order valence-electron chi connectivity index (χ0n) is 16.6. The molecule has 0 aliphatic heterocycles. The first-order valence-corrected chi connectivity index (χ1v) is 9.75. The van der Waals surface area contributed by atoms with Crippen LogP contribution < -0.4 is 21.3 Å². The molecule has 0 saturated heterocycles. The van der Waals surface area contributed by atoms with E-state index in [2.05, 4.69) is 35.1 Å². The topological polar surface area (TPSA) is 82.3 Å². The Balaban J connectivity index is 1.61. The van der Waals surface area contributed by atoms with Gasteiger partial charge in [-0.2, -0.15) is 0 Å². The molecule has 0 radical (unpaired) electrons. The van der Waals surface area contributed by atoms with Gasteiger partial charge in [-0.25, -0.2) is 4.79 Å². The maximum atomic E-state index is 12.0. The normalized spacial score (nSPS) is 10.5. The van der Waals surface area contributed by atoms with Gasteiger partial charge in [-0.3, -0.25) is 4.79 Å². The number of anilines is 1. The predicted molar refractivity (Wildman–Crippen MR) is 114 cm³/mol. The molecule has 0 fully saturated rings. The molecule has 0 aromatic heterocycles. The van der Waals surface area contributed by atoms with E-state index in [0.29, 0.717) is 32.0 Å². The van der Waals surface area contributed by atoms with Crippen LogP contribution >= 0.6 is 0 Å². The van der Waals surface area contributed by atoms with E-state index in [1.165, 1.54) is 0 Å². The zero-order valence-corrected chi connectivity index (χ0v) is 16.6. The standard InChI is InChI=1S/C22H30N4O2/c1-17(2)23-15-16-24-21(27)9-6-14-25-22(28)26-20-12-10-19(11-13-20)18-7-4-3-5-8-18/h3-5,7-8,10-13,17,23H,6,9,14-16H2,1-2H3,(H,24,27)(H2,25,26,28). The monoisotopic (exact) mass is 382 g/mol. The van der Waals surface area contributed by atoms with Crippen molar-refractivity contribution in [2.75, 3.05) is 25.0 Å². The molecule has 3 amide bonds. The van der Waals surface area contributed by atoms with Crippen LogP contribution in [0.4, 0.5) is 10.5 Å². The summed E-state index contributed by atoms with van der Waals surface area (Å²) in [6.07, 6.45) is 0.998. The summed E-state index contributed by atoms with van der Waals surface area (Å²) in [5, 5.41) is 11.7. The summed E-state index contributed by atoms with van der Waals surface area (Å²) in [6.45, 7) is 5.95. The molecule has 0 aliphatic carbocycles. The Kier molecular flexibility index (Phi) is 9.01. The fraction of sp³-hybridized carbons (Fsp3) is 0.364. The molecule has 150 valence electrons. The zero-order chi connectivity index (χ0) is 20.2. The van der Waals surface area contributed by atoms with Crippen molar-refractivity contribution in [2.24, 2.45) is 0 Å². The molecule has 6 heteroatoms. The molecular weight excluding hydrogens is 352 g/mol. The van der Waals surface area contributed by atoms with E-state index in [9.17, 15) is 9.59 Å². The average molecular weight is 383 g/mol. The van der Waals surface area contributed by atoms with Crippen molar-refractivity contribution in [3.63, 3.8) is 0 Å². The molecule has 4 N–H and O–H groups in total. The number of rotatable bonds is 10. The molecule has 0 unspecified atom stereocenters. The Morgan fingerprint density at radius 1 is 0.821 bits per heavy atom. The molecule has 0 heterocycles. The first-order valence-electron chi connectivity index (χ1n) is 9.75. The van der Waals surface area contributed by atoms with Crippen molar-refractivity contribution in [3.05, 3.63) is 54.6 Å². The van der Waals surface area contributed by atoms with Crippen LogP contribution in [0.5, 0.6) is 0 Å². The Labute approximate surface area is 167 Å². The Morgan fingerprint density at radius 2 is 1.50 bits per heavy atom. The molecule has 28 heavy (non-hydrogen) atoms. The Bertz CT molecular complexity index is 730. The van der Waals surface area contributed by atoms with Crippen molar-refractivity contribution >= 4 is 17.6 Å². The van der Waals surface area contributed by atoms with E-state index in [1.54, 1.807) is 0 Å². The fourth-order valence-corrected chi connectivity index (χ4v) is 2.65. The summed E-state index contributed by atoms with van der Waals surface area (Å²) in [5.74, 6) is 0.00395. The predicted octanol–water partition coefficient (Wildman–Crippen LogP) is 3.37. The average Bonchev–Trinajstić information content (AvgIpc) is 2.70. The number of carbonyl (C=O) groups is 2. The van der Waals surface area contributed by atoms with Gasteiger partial charge in [0.25, 0.3) is 0 Å². The smallest absolute Gasteiger partial charge is 0.319 e. The second-order valence-corrected chi connectivity index (χ2v) is 6.89. The first-order chi connectivity index (χ1) is 13.5. The molecule has 2 aromatic carbocycles. The third kappa shape index (κ3) is 8.22. The third-order valence-electron chi connectivity index (χ3n) is 4.12. The van der Waals surface area contributed by atoms with Gasteiger partial charge in [-0.05, 0) is 29.7 Å². The van der Waals surface area contributed by atoms with Crippen molar-refractivity contribution in [3.8, 4) is 11.1 Å². The van der Waals surface area contributed by atoms with Crippen LogP contribution in [0.25, 0.3) is 11.1 Å².